The van der Waals surface area contributed by atoms with Gasteiger partial charge in [0.15, 0.2) is 5.96 Å². The number of benzene rings is 1. The highest BCUT2D eigenvalue weighted by Crippen LogP contribution is 2.18. The molecular weight excluding hydrogens is 427 g/mol. The van der Waals surface area contributed by atoms with Crippen LogP contribution in [0.2, 0.25) is 0 Å². The second kappa shape index (κ2) is 13.4. The first-order valence-electron chi connectivity index (χ1n) is 9.15. The minimum Gasteiger partial charge on any atom is -0.382 e. The zero-order chi connectivity index (χ0) is 17.0. The van der Waals surface area contributed by atoms with Crippen LogP contribution in [0.4, 0.5) is 0 Å². The quantitative estimate of drug-likeness (QED) is 0.258. The van der Waals surface area contributed by atoms with E-state index in [4.69, 9.17) is 4.74 Å². The maximum atomic E-state index is 5.33. The van der Waals surface area contributed by atoms with Crippen molar-refractivity contribution >= 4 is 29.9 Å². The molecule has 25 heavy (non-hydrogen) atoms. The van der Waals surface area contributed by atoms with Crippen LogP contribution in [0.5, 0.6) is 0 Å². The summed E-state index contributed by atoms with van der Waals surface area (Å²) < 4.78 is 5.33. The predicted molar refractivity (Wildman–Crippen MR) is 116 cm³/mol. The second-order valence-corrected chi connectivity index (χ2v) is 6.12. The Balaban J connectivity index is 0.00000312. The van der Waals surface area contributed by atoms with Gasteiger partial charge in [-0.2, -0.15) is 0 Å². The molecule has 0 saturated carbocycles. The summed E-state index contributed by atoms with van der Waals surface area (Å²) in [6.45, 7) is 8.83. The minimum atomic E-state index is 0. The van der Waals surface area contributed by atoms with E-state index in [0.29, 0.717) is 0 Å². The van der Waals surface area contributed by atoms with Crippen LogP contribution in [0, 0.1) is 0 Å². The van der Waals surface area contributed by atoms with Gasteiger partial charge in [-0.1, -0.05) is 24.3 Å². The van der Waals surface area contributed by atoms with Crippen LogP contribution >= 0.6 is 24.0 Å². The molecule has 0 amide bonds. The SMILES string of the molecule is CCOCCCNC(=NC)NCCCN1CCc2ccccc2C1.I. The first kappa shape index (κ1) is 22.2. The lowest BCUT2D eigenvalue weighted by atomic mass is 10.00. The third-order valence-electron chi connectivity index (χ3n) is 4.34. The molecule has 0 unspecified atom stereocenters. The molecule has 0 aliphatic carbocycles. The highest BCUT2D eigenvalue weighted by Gasteiger charge is 2.14. The lowest BCUT2D eigenvalue weighted by molar-refractivity contribution is 0.145. The molecule has 0 bridgehead atoms. The molecule has 0 saturated heterocycles. The fourth-order valence-corrected chi connectivity index (χ4v) is 3.00. The van der Waals surface area contributed by atoms with Crippen molar-refractivity contribution in [3.8, 4) is 0 Å². The van der Waals surface area contributed by atoms with E-state index in [1.54, 1.807) is 0 Å². The highest BCUT2D eigenvalue weighted by molar-refractivity contribution is 14.0. The Hall–Kier alpha value is -0.860. The van der Waals surface area contributed by atoms with Crippen molar-refractivity contribution in [3.05, 3.63) is 35.4 Å². The standard InChI is InChI=1S/C19H32N4O.HI/c1-3-24-15-7-12-22-19(20-2)21-11-6-13-23-14-10-17-8-4-5-9-18(17)16-23;/h4-5,8-9H,3,6-7,10-16H2,1-2H3,(H2,20,21,22);1H. The first-order valence-corrected chi connectivity index (χ1v) is 9.15. The van der Waals surface area contributed by atoms with Gasteiger partial charge in [0.05, 0.1) is 0 Å². The number of ether oxygens (including phenoxy) is 1. The fraction of sp³-hybridized carbons (Fsp3) is 0.632. The summed E-state index contributed by atoms with van der Waals surface area (Å²) in [7, 11) is 1.82. The van der Waals surface area contributed by atoms with Crippen molar-refractivity contribution in [3.63, 3.8) is 0 Å². The Morgan fingerprint density at radius 1 is 1.16 bits per heavy atom. The van der Waals surface area contributed by atoms with Crippen molar-refractivity contribution in [2.75, 3.05) is 46.4 Å². The molecule has 6 heteroatoms. The molecule has 2 rings (SSSR count). The minimum absolute atomic E-state index is 0. The van der Waals surface area contributed by atoms with E-state index < -0.39 is 0 Å². The lowest BCUT2D eigenvalue weighted by Gasteiger charge is -2.28. The van der Waals surface area contributed by atoms with Gasteiger partial charge in [-0.05, 0) is 37.3 Å². The maximum absolute atomic E-state index is 5.33. The maximum Gasteiger partial charge on any atom is 0.190 e. The van der Waals surface area contributed by atoms with Gasteiger partial charge in [0, 0.05) is 53.0 Å². The Bertz CT molecular complexity index is 510. The summed E-state index contributed by atoms with van der Waals surface area (Å²) in [6, 6.07) is 8.81. The van der Waals surface area contributed by atoms with Crippen molar-refractivity contribution in [1.82, 2.24) is 15.5 Å². The van der Waals surface area contributed by atoms with E-state index in [2.05, 4.69) is 44.8 Å². The molecule has 2 N–H and O–H groups in total. The molecule has 1 aromatic carbocycles. The molecule has 0 atom stereocenters. The lowest BCUT2D eigenvalue weighted by Crippen LogP contribution is -2.39. The summed E-state index contributed by atoms with van der Waals surface area (Å²) >= 11 is 0. The molecule has 142 valence electrons. The van der Waals surface area contributed by atoms with Gasteiger partial charge in [0.1, 0.15) is 0 Å². The molecule has 5 nitrogen and oxygen atoms in total. The summed E-state index contributed by atoms with van der Waals surface area (Å²) in [5, 5.41) is 6.72. The third-order valence-corrected chi connectivity index (χ3v) is 4.34. The number of halogens is 1. The summed E-state index contributed by atoms with van der Waals surface area (Å²) in [5.41, 5.74) is 3.01. The molecule has 0 fully saturated rings. The van der Waals surface area contributed by atoms with Crippen LogP contribution in [0.15, 0.2) is 29.3 Å². The van der Waals surface area contributed by atoms with Crippen LogP contribution in [0.1, 0.15) is 30.9 Å². The number of hydrogen-bond donors (Lipinski definition) is 2. The van der Waals surface area contributed by atoms with Crippen LogP contribution < -0.4 is 10.6 Å². The third kappa shape index (κ3) is 8.37. The highest BCUT2D eigenvalue weighted by atomic mass is 127. The molecule has 1 heterocycles. The zero-order valence-electron chi connectivity index (χ0n) is 15.6. The smallest absolute Gasteiger partial charge is 0.190 e. The Kier molecular flexibility index (Phi) is 11.9. The van der Waals surface area contributed by atoms with Crippen molar-refractivity contribution in [2.24, 2.45) is 4.99 Å². The van der Waals surface area contributed by atoms with Gasteiger partial charge in [-0.25, -0.2) is 0 Å². The first-order chi connectivity index (χ1) is 11.8. The van der Waals surface area contributed by atoms with Gasteiger partial charge in [0.2, 0.25) is 0 Å². The van der Waals surface area contributed by atoms with E-state index in [1.807, 2.05) is 14.0 Å². The van der Waals surface area contributed by atoms with Crippen molar-refractivity contribution < 1.29 is 4.74 Å². The monoisotopic (exact) mass is 460 g/mol. The number of fused-ring (bicyclic) bond motifs is 1. The van der Waals surface area contributed by atoms with Gasteiger partial charge in [-0.15, -0.1) is 24.0 Å². The molecule has 0 aromatic heterocycles. The zero-order valence-corrected chi connectivity index (χ0v) is 17.9. The van der Waals surface area contributed by atoms with Crippen molar-refractivity contribution in [2.45, 2.75) is 32.7 Å². The van der Waals surface area contributed by atoms with Gasteiger partial charge >= 0.3 is 0 Å². The van der Waals surface area contributed by atoms with Crippen LogP contribution in [0.3, 0.4) is 0 Å². The number of aliphatic imine (C=N–C) groups is 1. The number of rotatable bonds is 9. The van der Waals surface area contributed by atoms with E-state index in [9.17, 15) is 0 Å². The summed E-state index contributed by atoms with van der Waals surface area (Å²) in [6.07, 6.45) is 3.30. The van der Waals surface area contributed by atoms with Gasteiger partial charge in [0.25, 0.3) is 0 Å². The number of nitrogens with one attached hydrogen (secondary N) is 2. The topological polar surface area (TPSA) is 48.9 Å². The van der Waals surface area contributed by atoms with Crippen LogP contribution in [0.25, 0.3) is 0 Å². The van der Waals surface area contributed by atoms with Gasteiger partial charge < -0.3 is 15.4 Å². The average Bonchev–Trinajstić information content (AvgIpc) is 2.63. The average molecular weight is 460 g/mol. The van der Waals surface area contributed by atoms with E-state index in [1.165, 1.54) is 24.1 Å². The van der Waals surface area contributed by atoms with E-state index in [-0.39, 0.29) is 24.0 Å². The Morgan fingerprint density at radius 2 is 1.88 bits per heavy atom. The van der Waals surface area contributed by atoms with Crippen LogP contribution in [-0.4, -0.2) is 57.3 Å². The predicted octanol–water partition coefficient (Wildman–Crippen LogP) is 2.64. The van der Waals surface area contributed by atoms with Crippen molar-refractivity contribution in [1.29, 1.82) is 0 Å². The molecule has 1 aliphatic rings. The molecule has 1 aromatic rings. The molecule has 0 spiro atoms. The second-order valence-electron chi connectivity index (χ2n) is 6.12. The molecule has 1 aliphatic heterocycles. The fourth-order valence-electron chi connectivity index (χ4n) is 3.00. The Morgan fingerprint density at radius 3 is 2.60 bits per heavy atom. The normalized spacial score (nSPS) is 14.6. The van der Waals surface area contributed by atoms with Gasteiger partial charge in [-0.3, -0.25) is 9.89 Å². The number of hydrogen-bond acceptors (Lipinski definition) is 3. The summed E-state index contributed by atoms with van der Waals surface area (Å²) in [5.74, 6) is 0.885. The largest absolute Gasteiger partial charge is 0.382 e. The number of nitrogens with zero attached hydrogens (tertiary/aromatic N) is 2. The number of guanidine groups is 1. The Labute approximate surface area is 169 Å². The molecule has 0 radical (unpaired) electrons. The van der Waals surface area contributed by atoms with Crippen LogP contribution in [-0.2, 0) is 17.7 Å². The summed E-state index contributed by atoms with van der Waals surface area (Å²) in [4.78, 5) is 6.80. The molecular formula is C19H33IN4O. The van der Waals surface area contributed by atoms with E-state index in [0.717, 1.165) is 58.2 Å². The van der Waals surface area contributed by atoms with E-state index >= 15 is 0 Å².